The molecule has 212 valence electrons. The molecule has 0 aliphatic heterocycles. The van der Waals surface area contributed by atoms with Crippen LogP contribution in [-0.4, -0.2) is 88.2 Å². The molecule has 39 heavy (non-hydrogen) atoms. The second kappa shape index (κ2) is 16.6. The third kappa shape index (κ3) is 10.7. The van der Waals surface area contributed by atoms with Crippen molar-refractivity contribution in [2.45, 2.75) is 76.5 Å². The molecule has 1 atom stereocenters. The number of hydrogen-bond donors (Lipinski definition) is 2. The number of phosphoric ester groups is 1. The molecule has 0 aliphatic carbocycles. The van der Waals surface area contributed by atoms with Gasteiger partial charge >= 0.3 is 37.4 Å². The van der Waals surface area contributed by atoms with Gasteiger partial charge in [-0.25, -0.2) is 23.3 Å². The van der Waals surface area contributed by atoms with Gasteiger partial charge in [-0.3, -0.25) is 13.9 Å². The first-order valence-corrected chi connectivity index (χ1v) is 14.2. The van der Waals surface area contributed by atoms with Crippen molar-refractivity contribution in [2.75, 3.05) is 13.2 Å². The molecule has 0 saturated carbocycles. The Labute approximate surface area is 248 Å². The molecule has 2 N–H and O–H groups in total. The summed E-state index contributed by atoms with van der Waals surface area (Å²) in [5, 5.41) is 8.31. The molecule has 15 heteroatoms. The summed E-state index contributed by atoms with van der Waals surface area (Å²) in [6, 6.07) is 3.16. The molecule has 3 aromatic rings. The number of ether oxygens (including phenoxy) is 1. The summed E-state index contributed by atoms with van der Waals surface area (Å²) >= 11 is 0. The number of benzene rings is 1. The van der Waals surface area contributed by atoms with Crippen LogP contribution in [0.15, 0.2) is 43.5 Å². The Hall–Kier alpha value is -1.57. The van der Waals surface area contributed by atoms with Crippen molar-refractivity contribution in [3.8, 4) is 0 Å². The summed E-state index contributed by atoms with van der Waals surface area (Å²) in [5.41, 5.74) is -1.36. The van der Waals surface area contributed by atoms with Gasteiger partial charge in [0.15, 0.2) is 0 Å². The van der Waals surface area contributed by atoms with Gasteiger partial charge in [-0.1, -0.05) is 51.5 Å². The van der Waals surface area contributed by atoms with E-state index in [2.05, 4.69) is 27.1 Å². The summed E-state index contributed by atoms with van der Waals surface area (Å²) < 4.78 is 55.1. The Morgan fingerprint density at radius 1 is 0.974 bits per heavy atom. The van der Waals surface area contributed by atoms with E-state index in [0.717, 1.165) is 37.8 Å². The predicted octanol–water partition coefficient (Wildman–Crippen LogP) is 3.38. The van der Waals surface area contributed by atoms with Crippen LogP contribution in [0.4, 0.5) is 8.78 Å². The maximum atomic E-state index is 15.4. The Kier molecular flexibility index (Phi) is 14.3. The standard InChI is InChI=1S/C24H35F2N6O5P.Na.H/c1-2-3-4-5-6-7-8-11-36-23(13-37-38(33,34)35)24(14-31-18-27-16-29-31,15-32-19-28-17-30-32)21-10-9-20(25)12-22(21)26;;/h9-10,12,16-19,23H,2-8,11,13-15H2,1H3,(H2,33,34,35);;. The van der Waals surface area contributed by atoms with Crippen molar-refractivity contribution < 1.29 is 32.4 Å². The van der Waals surface area contributed by atoms with Crippen molar-refractivity contribution in [3.05, 3.63) is 60.7 Å². The van der Waals surface area contributed by atoms with Crippen LogP contribution in [-0.2, 0) is 32.3 Å². The molecule has 0 spiro atoms. The topological polar surface area (TPSA) is 137 Å². The second-order valence-electron chi connectivity index (χ2n) is 9.23. The van der Waals surface area contributed by atoms with E-state index in [4.69, 9.17) is 9.26 Å². The van der Waals surface area contributed by atoms with Crippen LogP contribution in [0.2, 0.25) is 0 Å². The fourth-order valence-electron chi connectivity index (χ4n) is 4.51. The molecular formula is C24H36F2N6NaO5P. The molecule has 0 aliphatic rings. The van der Waals surface area contributed by atoms with E-state index in [1.807, 2.05) is 0 Å². The summed E-state index contributed by atoms with van der Waals surface area (Å²) in [7, 11) is -4.91. The number of nitrogens with zero attached hydrogens (tertiary/aromatic N) is 6. The summed E-state index contributed by atoms with van der Waals surface area (Å²) in [6.07, 6.45) is 11.6. The van der Waals surface area contributed by atoms with Crippen LogP contribution < -0.4 is 0 Å². The van der Waals surface area contributed by atoms with Crippen LogP contribution in [0.25, 0.3) is 0 Å². The van der Waals surface area contributed by atoms with E-state index in [9.17, 15) is 18.7 Å². The monoisotopic (exact) mass is 580 g/mol. The first kappa shape index (κ1) is 33.6. The van der Waals surface area contributed by atoms with Gasteiger partial charge in [-0.2, -0.15) is 10.2 Å². The average Bonchev–Trinajstić information content (AvgIpc) is 3.56. The van der Waals surface area contributed by atoms with Crippen molar-refractivity contribution in [3.63, 3.8) is 0 Å². The number of halogens is 2. The molecule has 2 heterocycles. The Morgan fingerprint density at radius 2 is 1.56 bits per heavy atom. The second-order valence-corrected chi connectivity index (χ2v) is 10.5. The molecule has 1 aromatic carbocycles. The number of hydrogen-bond acceptors (Lipinski definition) is 7. The zero-order chi connectivity index (χ0) is 27.4. The normalized spacial score (nSPS) is 12.8. The fourth-order valence-corrected chi connectivity index (χ4v) is 4.84. The van der Waals surface area contributed by atoms with Crippen LogP contribution in [0.3, 0.4) is 0 Å². The van der Waals surface area contributed by atoms with Gasteiger partial charge in [0.2, 0.25) is 0 Å². The molecule has 1 unspecified atom stereocenters. The Bertz CT molecular complexity index is 1100. The van der Waals surface area contributed by atoms with Gasteiger partial charge in [-0.15, -0.1) is 0 Å². The third-order valence-electron chi connectivity index (χ3n) is 6.37. The molecule has 3 rings (SSSR count). The van der Waals surface area contributed by atoms with Gasteiger partial charge < -0.3 is 14.5 Å². The van der Waals surface area contributed by atoms with Gasteiger partial charge in [0.25, 0.3) is 0 Å². The van der Waals surface area contributed by atoms with Crippen LogP contribution >= 0.6 is 7.82 Å². The molecular weight excluding hydrogens is 544 g/mol. The quantitative estimate of drug-likeness (QED) is 0.132. The minimum atomic E-state index is -4.91. The molecule has 0 fully saturated rings. The van der Waals surface area contributed by atoms with E-state index in [-0.39, 0.29) is 54.8 Å². The van der Waals surface area contributed by atoms with Crippen LogP contribution in [0.1, 0.15) is 57.4 Å². The van der Waals surface area contributed by atoms with Crippen molar-refractivity contribution in [2.24, 2.45) is 0 Å². The van der Waals surface area contributed by atoms with Crippen molar-refractivity contribution >= 4 is 37.4 Å². The molecule has 0 radical (unpaired) electrons. The SMILES string of the molecule is CCCCCCCCCOC(COP(=O)(O)O)C(Cn1cncn1)(Cn1cncn1)c1ccc(F)cc1F.[NaH]. The van der Waals surface area contributed by atoms with Gasteiger partial charge in [0, 0.05) is 18.2 Å². The van der Waals surface area contributed by atoms with E-state index in [1.54, 1.807) is 0 Å². The van der Waals surface area contributed by atoms with E-state index >= 15 is 4.39 Å². The average molecular weight is 581 g/mol. The van der Waals surface area contributed by atoms with E-state index < -0.39 is 37.6 Å². The molecule has 0 amide bonds. The first-order valence-electron chi connectivity index (χ1n) is 12.7. The first-order chi connectivity index (χ1) is 18.2. The molecule has 2 aromatic heterocycles. The zero-order valence-corrected chi connectivity index (χ0v) is 22.3. The molecule has 0 saturated heterocycles. The number of unbranched alkanes of at least 4 members (excludes halogenated alkanes) is 6. The van der Waals surface area contributed by atoms with E-state index in [1.165, 1.54) is 53.6 Å². The maximum absolute atomic E-state index is 15.4. The molecule has 11 nitrogen and oxygen atoms in total. The number of rotatable bonds is 18. The van der Waals surface area contributed by atoms with Gasteiger partial charge in [0.05, 0.1) is 31.2 Å². The fraction of sp³-hybridized carbons (Fsp3) is 0.583. The van der Waals surface area contributed by atoms with Crippen LogP contribution in [0.5, 0.6) is 0 Å². The number of phosphoric acid groups is 1. The summed E-state index contributed by atoms with van der Waals surface area (Å²) in [4.78, 5) is 26.9. The Balaban J connectivity index is 0.00000533. The minimum absolute atomic E-state index is 0. The Morgan fingerprint density at radius 3 is 2.08 bits per heavy atom. The predicted molar refractivity (Wildman–Crippen MR) is 141 cm³/mol. The van der Waals surface area contributed by atoms with Gasteiger partial charge in [-0.05, 0) is 12.5 Å². The summed E-state index contributed by atoms with van der Waals surface area (Å²) in [6.45, 7) is 1.75. The van der Waals surface area contributed by atoms with E-state index in [0.29, 0.717) is 6.42 Å². The molecule has 0 bridgehead atoms. The third-order valence-corrected chi connectivity index (χ3v) is 6.85. The van der Waals surface area contributed by atoms with Crippen molar-refractivity contribution in [1.29, 1.82) is 0 Å². The van der Waals surface area contributed by atoms with Crippen molar-refractivity contribution in [1.82, 2.24) is 29.5 Å². The number of aromatic nitrogens is 6. The zero-order valence-electron chi connectivity index (χ0n) is 21.4. The van der Waals surface area contributed by atoms with Gasteiger partial charge in [0.1, 0.15) is 36.9 Å². The van der Waals surface area contributed by atoms with Crippen LogP contribution in [0, 0.1) is 11.6 Å². The summed E-state index contributed by atoms with van der Waals surface area (Å²) in [5.74, 6) is -1.63.